The number of aliphatic hydroxyl groups is 1. The molecule has 2 N–H and O–H groups in total. The molecule has 13 heteroatoms. The van der Waals surface area contributed by atoms with E-state index in [1.54, 1.807) is 23.1 Å². The summed E-state index contributed by atoms with van der Waals surface area (Å²) < 4.78 is 17.8. The molecule has 5 aromatic rings. The van der Waals surface area contributed by atoms with Gasteiger partial charge >= 0.3 is 11.7 Å². The molecule has 230 valence electrons. The number of nitrogens with zero attached hydrogens (tertiary/aromatic N) is 4. The molecule has 4 aromatic carbocycles. The number of nitro groups is 1. The lowest BCUT2D eigenvalue weighted by molar-refractivity contribution is -0.386. The number of rotatable bonds is 11. The highest BCUT2D eigenvalue weighted by atomic mass is 79.9. The number of aliphatic hydroxyl groups excluding tert-OH is 1. The lowest BCUT2D eigenvalue weighted by Gasteiger charge is -2.23. The van der Waals surface area contributed by atoms with Gasteiger partial charge in [0.2, 0.25) is 5.75 Å². The molecule has 2 unspecified atom stereocenters. The van der Waals surface area contributed by atoms with Crippen LogP contribution in [0.15, 0.2) is 88.0 Å². The number of halogens is 1. The molecule has 0 amide bonds. The molecule has 0 spiro atoms. The predicted molar refractivity (Wildman–Crippen MR) is 166 cm³/mol. The number of aliphatic carboxylic acids is 1. The highest BCUT2D eigenvalue weighted by molar-refractivity contribution is 9.10. The van der Waals surface area contributed by atoms with Gasteiger partial charge in [-0.2, -0.15) is 0 Å². The van der Waals surface area contributed by atoms with Gasteiger partial charge in [-0.15, -0.1) is 0 Å². The van der Waals surface area contributed by atoms with E-state index in [9.17, 15) is 25.1 Å². The van der Waals surface area contributed by atoms with Crippen molar-refractivity contribution in [3.05, 3.63) is 110 Å². The standard InChI is InChI=1S/C32H27BrN4O8/c33-31-21(7-4-8-24(31)20-5-2-1-3-6-20)18-44-30-14-29(43-17-19-9-10-25-26(11-19)35-45-34-25)22(12-27(30)37(41)42)15-36-16-23(38)13-28(36)32(39)40/h1-12,14,23,28,38H,13,15-18H2,(H,39,40). The number of carboxylic acid groups (broad SMARTS) is 1. The number of nitro benzene ring substituents is 1. The van der Waals surface area contributed by atoms with Crippen molar-refractivity contribution in [3.8, 4) is 22.6 Å². The molecule has 2 heterocycles. The Morgan fingerprint density at radius 2 is 1.76 bits per heavy atom. The topological polar surface area (TPSA) is 161 Å². The van der Waals surface area contributed by atoms with Gasteiger partial charge in [-0.05, 0) is 55.1 Å². The fraction of sp³-hybridized carbons (Fsp3) is 0.219. The van der Waals surface area contributed by atoms with E-state index in [0.717, 1.165) is 26.7 Å². The Bertz CT molecular complexity index is 1870. The highest BCUT2D eigenvalue weighted by Crippen LogP contribution is 2.38. The molecule has 0 saturated carbocycles. The Balaban J connectivity index is 1.32. The molecule has 2 atom stereocenters. The number of carboxylic acids is 1. The van der Waals surface area contributed by atoms with Crippen LogP contribution in [0.5, 0.6) is 11.5 Å². The molecule has 12 nitrogen and oxygen atoms in total. The summed E-state index contributed by atoms with van der Waals surface area (Å²) in [5, 5.41) is 39.8. The van der Waals surface area contributed by atoms with Crippen molar-refractivity contribution in [3.63, 3.8) is 0 Å². The average molecular weight is 675 g/mol. The van der Waals surface area contributed by atoms with Crippen molar-refractivity contribution >= 4 is 38.6 Å². The van der Waals surface area contributed by atoms with Crippen LogP contribution in [0.3, 0.4) is 0 Å². The van der Waals surface area contributed by atoms with Gasteiger partial charge in [-0.1, -0.05) is 54.6 Å². The quantitative estimate of drug-likeness (QED) is 0.130. The van der Waals surface area contributed by atoms with Crippen LogP contribution in [0.2, 0.25) is 0 Å². The Morgan fingerprint density at radius 1 is 0.978 bits per heavy atom. The van der Waals surface area contributed by atoms with Gasteiger partial charge < -0.3 is 19.7 Å². The van der Waals surface area contributed by atoms with E-state index in [1.165, 1.54) is 12.1 Å². The molecule has 1 saturated heterocycles. The van der Waals surface area contributed by atoms with Crippen LogP contribution in [-0.2, 0) is 24.6 Å². The number of carbonyl (C=O) groups is 1. The molecule has 1 aromatic heterocycles. The first kappa shape index (κ1) is 30.2. The van der Waals surface area contributed by atoms with Crippen molar-refractivity contribution in [2.75, 3.05) is 6.54 Å². The fourth-order valence-corrected chi connectivity index (χ4v) is 6.01. The van der Waals surface area contributed by atoms with E-state index in [4.69, 9.17) is 14.1 Å². The van der Waals surface area contributed by atoms with Gasteiger partial charge in [0.05, 0.1) is 11.0 Å². The van der Waals surface area contributed by atoms with Crippen molar-refractivity contribution in [1.29, 1.82) is 0 Å². The summed E-state index contributed by atoms with van der Waals surface area (Å²) in [5.74, 6) is -0.818. The van der Waals surface area contributed by atoms with Gasteiger partial charge in [0.15, 0.2) is 0 Å². The average Bonchev–Trinajstić information content (AvgIpc) is 3.66. The maximum absolute atomic E-state index is 12.2. The molecular formula is C32H27BrN4O8. The van der Waals surface area contributed by atoms with Crippen LogP contribution >= 0.6 is 15.9 Å². The summed E-state index contributed by atoms with van der Waals surface area (Å²) in [6.07, 6.45) is -0.779. The predicted octanol–water partition coefficient (Wildman–Crippen LogP) is 5.74. The minimum atomic E-state index is -1.08. The monoisotopic (exact) mass is 674 g/mol. The molecule has 1 fully saturated rings. The van der Waals surface area contributed by atoms with Crippen molar-refractivity contribution in [1.82, 2.24) is 15.2 Å². The van der Waals surface area contributed by atoms with Crippen LogP contribution in [-0.4, -0.2) is 55.0 Å². The highest BCUT2D eigenvalue weighted by Gasteiger charge is 2.37. The van der Waals surface area contributed by atoms with E-state index in [-0.39, 0.29) is 49.9 Å². The third-order valence-electron chi connectivity index (χ3n) is 7.64. The molecule has 0 radical (unpaired) electrons. The zero-order valence-corrected chi connectivity index (χ0v) is 25.3. The number of β-amino-alcohol motifs (C(OH)–C–C–N with tert-alkyl or cyclic N) is 1. The first-order valence-corrected chi connectivity index (χ1v) is 14.8. The van der Waals surface area contributed by atoms with Gasteiger partial charge in [0.1, 0.15) is 36.0 Å². The summed E-state index contributed by atoms with van der Waals surface area (Å²) in [4.78, 5) is 25.2. The summed E-state index contributed by atoms with van der Waals surface area (Å²) in [6, 6.07) is 22.7. The molecular weight excluding hydrogens is 648 g/mol. The second kappa shape index (κ2) is 13.0. The summed E-state index contributed by atoms with van der Waals surface area (Å²) in [7, 11) is 0. The van der Waals surface area contributed by atoms with E-state index in [0.29, 0.717) is 16.6 Å². The number of ether oxygens (including phenoxy) is 2. The second-order valence-electron chi connectivity index (χ2n) is 10.7. The molecule has 0 aliphatic carbocycles. The first-order valence-electron chi connectivity index (χ1n) is 14.0. The Kier molecular flexibility index (Phi) is 8.74. The number of aromatic nitrogens is 2. The van der Waals surface area contributed by atoms with Gasteiger partial charge in [0.25, 0.3) is 0 Å². The molecule has 45 heavy (non-hydrogen) atoms. The maximum atomic E-state index is 12.2. The SMILES string of the molecule is O=C(O)C1CC(O)CN1Cc1cc([N+](=O)[O-])c(OCc2cccc(-c3ccccc3)c2Br)cc1OCc1ccc2nonc2c1. The Labute approximate surface area is 265 Å². The summed E-state index contributed by atoms with van der Waals surface area (Å²) in [5.41, 5.74) is 4.69. The van der Waals surface area contributed by atoms with E-state index < -0.39 is 23.0 Å². The molecule has 1 aliphatic heterocycles. The molecule has 1 aliphatic rings. The lowest BCUT2D eigenvalue weighted by Crippen LogP contribution is -2.35. The normalized spacial score (nSPS) is 16.6. The van der Waals surface area contributed by atoms with Crippen molar-refractivity contribution in [2.24, 2.45) is 0 Å². The van der Waals surface area contributed by atoms with E-state index in [2.05, 4.69) is 26.2 Å². The van der Waals surface area contributed by atoms with Crippen molar-refractivity contribution in [2.45, 2.75) is 38.3 Å². The Hall–Kier alpha value is -4.85. The molecule has 0 bridgehead atoms. The van der Waals surface area contributed by atoms with Crippen LogP contribution in [0, 0.1) is 10.1 Å². The van der Waals surface area contributed by atoms with Gasteiger partial charge in [0, 0.05) is 47.2 Å². The maximum Gasteiger partial charge on any atom is 0.321 e. The third kappa shape index (κ3) is 6.65. The smallest absolute Gasteiger partial charge is 0.321 e. The third-order valence-corrected chi connectivity index (χ3v) is 8.57. The van der Waals surface area contributed by atoms with E-state index >= 15 is 0 Å². The summed E-state index contributed by atoms with van der Waals surface area (Å²) in [6.45, 7) is 0.199. The van der Waals surface area contributed by atoms with Gasteiger partial charge in [-0.25, -0.2) is 4.63 Å². The second-order valence-corrected chi connectivity index (χ2v) is 11.5. The van der Waals surface area contributed by atoms with E-state index in [1.807, 2.05) is 48.5 Å². The fourth-order valence-electron chi connectivity index (χ4n) is 5.41. The first-order chi connectivity index (χ1) is 21.8. The number of hydrogen-bond acceptors (Lipinski definition) is 10. The number of benzene rings is 4. The lowest BCUT2D eigenvalue weighted by atomic mass is 10.0. The minimum absolute atomic E-state index is 0.00138. The van der Waals surface area contributed by atoms with Crippen molar-refractivity contribution < 1.29 is 34.0 Å². The Morgan fingerprint density at radius 3 is 2.53 bits per heavy atom. The minimum Gasteiger partial charge on any atom is -0.488 e. The van der Waals surface area contributed by atoms with Gasteiger partial charge in [-0.3, -0.25) is 19.8 Å². The molecule has 6 rings (SSSR count). The summed E-state index contributed by atoms with van der Waals surface area (Å²) >= 11 is 3.67. The zero-order chi connectivity index (χ0) is 31.5. The number of likely N-dealkylation sites (tertiary alicyclic amines) is 1. The number of hydrogen-bond donors (Lipinski definition) is 2. The largest absolute Gasteiger partial charge is 0.488 e. The van der Waals surface area contributed by atoms with Crippen LogP contribution < -0.4 is 9.47 Å². The van der Waals surface area contributed by atoms with Crippen LogP contribution in [0.25, 0.3) is 22.2 Å². The van der Waals surface area contributed by atoms with Crippen LogP contribution in [0.1, 0.15) is 23.1 Å². The zero-order valence-electron chi connectivity index (χ0n) is 23.7. The number of fused-ring (bicyclic) bond motifs is 1. The van der Waals surface area contributed by atoms with Crippen LogP contribution in [0.4, 0.5) is 5.69 Å².